The summed E-state index contributed by atoms with van der Waals surface area (Å²) in [6.45, 7) is 9.10. The van der Waals surface area contributed by atoms with Crippen LogP contribution in [0.25, 0.3) is 20.5 Å². The largest absolute Gasteiger partial charge is 0.508 e. The first-order valence-corrected chi connectivity index (χ1v) is 21.7. The molecule has 4 aromatic carbocycles. The Morgan fingerprint density at radius 1 is 0.833 bits per heavy atom. The van der Waals surface area contributed by atoms with E-state index >= 15 is 0 Å². The minimum absolute atomic E-state index is 0.127. The number of thiophene rings is 1. The number of ether oxygens (including phenoxy) is 1. The number of hydrogen-bond acceptors (Lipinski definition) is 10. The Hall–Kier alpha value is -5.63. The van der Waals surface area contributed by atoms with E-state index in [0.29, 0.717) is 42.2 Å². The molecule has 5 heterocycles. The van der Waals surface area contributed by atoms with E-state index in [1.807, 2.05) is 24.3 Å². The molecular weight excluding hydrogens is 782 g/mol. The zero-order valence-corrected chi connectivity index (χ0v) is 34.2. The van der Waals surface area contributed by atoms with Gasteiger partial charge in [0.2, 0.25) is 11.8 Å². The van der Waals surface area contributed by atoms with Crippen LogP contribution in [0.1, 0.15) is 63.9 Å². The van der Waals surface area contributed by atoms with Crippen molar-refractivity contribution in [3.63, 3.8) is 0 Å². The Balaban J connectivity index is 0.699. The first-order valence-electron chi connectivity index (χ1n) is 20.9. The number of benzene rings is 4. The number of carbonyl (C=O) groups is 4. The summed E-state index contributed by atoms with van der Waals surface area (Å²) in [5.74, 6) is 0.0499. The maximum atomic E-state index is 13.9. The summed E-state index contributed by atoms with van der Waals surface area (Å²) in [4.78, 5) is 60.9. The van der Waals surface area contributed by atoms with E-state index in [1.165, 1.54) is 23.5 Å². The van der Waals surface area contributed by atoms with Gasteiger partial charge >= 0.3 is 0 Å². The number of halogens is 1. The summed E-state index contributed by atoms with van der Waals surface area (Å²) in [6.07, 6.45) is 3.90. The second kappa shape index (κ2) is 17.2. The topological polar surface area (TPSA) is 123 Å². The molecule has 310 valence electrons. The number of piperidine rings is 2. The molecule has 4 aliphatic heterocycles. The summed E-state index contributed by atoms with van der Waals surface area (Å²) < 4.78 is 20.7. The summed E-state index contributed by atoms with van der Waals surface area (Å²) >= 11 is 1.41. The van der Waals surface area contributed by atoms with Crippen molar-refractivity contribution in [2.45, 2.75) is 44.7 Å². The lowest BCUT2D eigenvalue weighted by atomic mass is 9.97. The lowest BCUT2D eigenvalue weighted by Gasteiger charge is -2.37. The van der Waals surface area contributed by atoms with E-state index in [1.54, 1.807) is 47.4 Å². The third-order valence-electron chi connectivity index (χ3n) is 12.5. The summed E-state index contributed by atoms with van der Waals surface area (Å²) in [5.41, 5.74) is 4.52. The van der Waals surface area contributed by atoms with Gasteiger partial charge < -0.3 is 24.5 Å². The first-order chi connectivity index (χ1) is 29.2. The smallest absolute Gasteiger partial charge is 0.255 e. The van der Waals surface area contributed by atoms with Gasteiger partial charge in [-0.1, -0.05) is 12.1 Å². The number of hydrogen-bond donors (Lipinski definition) is 2. The molecule has 0 radical (unpaired) electrons. The van der Waals surface area contributed by atoms with Crippen LogP contribution in [0.5, 0.6) is 11.5 Å². The number of imide groups is 1. The molecule has 3 fully saturated rings. The number of anilines is 1. The van der Waals surface area contributed by atoms with Crippen molar-refractivity contribution in [2.75, 3.05) is 63.9 Å². The highest BCUT2D eigenvalue weighted by Crippen LogP contribution is 2.41. The Morgan fingerprint density at radius 2 is 1.57 bits per heavy atom. The highest BCUT2D eigenvalue weighted by Gasteiger charge is 2.39. The number of ketones is 1. The lowest BCUT2D eigenvalue weighted by molar-refractivity contribution is -0.136. The lowest BCUT2D eigenvalue weighted by Crippen LogP contribution is -2.52. The predicted molar refractivity (Wildman–Crippen MR) is 229 cm³/mol. The quantitative estimate of drug-likeness (QED) is 0.104. The van der Waals surface area contributed by atoms with Gasteiger partial charge in [0.05, 0.1) is 6.61 Å². The van der Waals surface area contributed by atoms with Crippen LogP contribution in [0.2, 0.25) is 0 Å². The monoisotopic (exact) mass is 829 g/mol. The fraction of sp³-hybridized carbons (Fsp3) is 0.362. The highest BCUT2D eigenvalue weighted by molar-refractivity contribution is 7.22. The number of nitrogens with one attached hydrogen (secondary N) is 1. The number of fused-ring (bicyclic) bond motifs is 2. The fourth-order valence-electron chi connectivity index (χ4n) is 9.06. The van der Waals surface area contributed by atoms with Crippen LogP contribution in [0, 0.1) is 11.7 Å². The van der Waals surface area contributed by atoms with Gasteiger partial charge in [-0.2, -0.15) is 0 Å². The average Bonchev–Trinajstić information content (AvgIpc) is 3.80. The van der Waals surface area contributed by atoms with Gasteiger partial charge in [0.15, 0.2) is 5.78 Å². The minimum atomic E-state index is -0.601. The number of likely N-dealkylation sites (tertiary alicyclic amines) is 1. The maximum absolute atomic E-state index is 13.9. The number of phenolic OH excluding ortho intramolecular Hbond substituents is 1. The molecule has 0 bridgehead atoms. The van der Waals surface area contributed by atoms with Crippen LogP contribution in [-0.2, 0) is 16.1 Å². The number of nitrogens with zero attached hydrogens (tertiary/aromatic N) is 4. The van der Waals surface area contributed by atoms with Gasteiger partial charge in [0, 0.05) is 76.5 Å². The standard InChI is InChI=1S/C47H48FN5O6S/c48-34-6-2-32(3-7-34)45-43(39-13-9-36(54)27-41(39)60-45)44(56)31-4-10-37(11-5-31)59-29-30-16-20-50(21-17-30)18-1-19-51-22-24-52(25-23-51)35-8-12-38-33(26-35)28-53(47(38)58)40-14-15-42(55)49-46(40)57/h2-13,26-27,30,40,54H,1,14-25,28-29H2,(H,49,55,57). The molecule has 3 saturated heterocycles. The van der Waals surface area contributed by atoms with E-state index in [0.717, 1.165) is 109 Å². The van der Waals surface area contributed by atoms with Crippen LogP contribution in [-0.4, -0.2) is 108 Å². The average molecular weight is 830 g/mol. The number of rotatable bonds is 12. The number of amides is 3. The van der Waals surface area contributed by atoms with E-state index in [-0.39, 0.29) is 41.5 Å². The molecule has 1 atom stereocenters. The second-order valence-corrected chi connectivity index (χ2v) is 17.4. The van der Waals surface area contributed by atoms with Crippen LogP contribution in [0.4, 0.5) is 10.1 Å². The van der Waals surface area contributed by atoms with Gasteiger partial charge in [-0.15, -0.1) is 11.3 Å². The number of aromatic hydroxyl groups is 1. The number of carbonyl (C=O) groups excluding carboxylic acids is 4. The first kappa shape index (κ1) is 39.8. The molecule has 2 N–H and O–H groups in total. The molecule has 9 rings (SSSR count). The van der Waals surface area contributed by atoms with Crippen LogP contribution < -0.4 is 15.0 Å². The zero-order valence-electron chi connectivity index (χ0n) is 33.4. The molecule has 0 saturated carbocycles. The Bertz CT molecular complexity index is 2420. The van der Waals surface area contributed by atoms with Crippen molar-refractivity contribution in [1.29, 1.82) is 0 Å². The Morgan fingerprint density at radius 3 is 2.30 bits per heavy atom. The molecule has 11 nitrogen and oxygen atoms in total. The SMILES string of the molecule is O=C1CCC(N2Cc3cc(N4CCN(CCCN5CCC(COc6ccc(C(=O)c7c(-c8ccc(F)cc8)sc8cc(O)ccc78)cc6)CC5)CC4)ccc3C2=O)C(=O)N1. The molecule has 5 aromatic rings. The summed E-state index contributed by atoms with van der Waals surface area (Å²) in [5, 5.41) is 13.2. The van der Waals surface area contributed by atoms with Gasteiger partial charge in [-0.25, -0.2) is 4.39 Å². The van der Waals surface area contributed by atoms with Crippen LogP contribution in [0.15, 0.2) is 84.9 Å². The van der Waals surface area contributed by atoms with Crippen LogP contribution >= 0.6 is 11.3 Å². The maximum Gasteiger partial charge on any atom is 0.255 e. The third-order valence-corrected chi connectivity index (χ3v) is 13.7. The van der Waals surface area contributed by atoms with Crippen molar-refractivity contribution < 1.29 is 33.4 Å². The zero-order chi connectivity index (χ0) is 41.3. The predicted octanol–water partition coefficient (Wildman–Crippen LogP) is 6.71. The molecule has 0 spiro atoms. The summed E-state index contributed by atoms with van der Waals surface area (Å²) in [7, 11) is 0. The van der Waals surface area contributed by atoms with E-state index < -0.39 is 6.04 Å². The number of phenols is 1. The molecule has 3 amide bonds. The fourth-order valence-corrected chi connectivity index (χ4v) is 10.3. The Kier molecular flexibility index (Phi) is 11.4. The van der Waals surface area contributed by atoms with E-state index in [4.69, 9.17) is 4.74 Å². The molecule has 13 heteroatoms. The molecule has 1 aromatic heterocycles. The normalized spacial score (nSPS) is 19.2. The second-order valence-electron chi connectivity index (χ2n) is 16.4. The molecule has 60 heavy (non-hydrogen) atoms. The minimum Gasteiger partial charge on any atom is -0.508 e. The highest BCUT2D eigenvalue weighted by atomic mass is 32.1. The van der Waals surface area contributed by atoms with Crippen molar-refractivity contribution in [3.8, 4) is 21.9 Å². The van der Waals surface area contributed by atoms with E-state index in [2.05, 4.69) is 26.1 Å². The molecule has 4 aliphatic rings. The van der Waals surface area contributed by atoms with Crippen molar-refractivity contribution in [2.24, 2.45) is 5.92 Å². The molecule has 1 unspecified atom stereocenters. The van der Waals surface area contributed by atoms with E-state index in [9.17, 15) is 28.7 Å². The third kappa shape index (κ3) is 8.39. The van der Waals surface area contributed by atoms with Crippen molar-refractivity contribution in [3.05, 3.63) is 113 Å². The number of piperazine rings is 1. The van der Waals surface area contributed by atoms with Crippen molar-refractivity contribution in [1.82, 2.24) is 20.0 Å². The van der Waals surface area contributed by atoms with Gasteiger partial charge in [-0.05, 0) is 142 Å². The van der Waals surface area contributed by atoms with Gasteiger partial charge in [0.25, 0.3) is 5.91 Å². The van der Waals surface area contributed by atoms with Crippen molar-refractivity contribution >= 4 is 50.6 Å². The molecule has 0 aliphatic carbocycles. The van der Waals surface area contributed by atoms with Gasteiger partial charge in [-0.3, -0.25) is 29.4 Å². The molecular formula is C47H48FN5O6S. The Labute approximate surface area is 352 Å². The van der Waals surface area contributed by atoms with Gasteiger partial charge in [0.1, 0.15) is 23.4 Å². The summed E-state index contributed by atoms with van der Waals surface area (Å²) in [6, 6.07) is 23.8. The van der Waals surface area contributed by atoms with Crippen LogP contribution in [0.3, 0.4) is 0 Å².